The summed E-state index contributed by atoms with van der Waals surface area (Å²) in [7, 11) is 0. The van der Waals surface area contributed by atoms with Crippen molar-refractivity contribution in [2.24, 2.45) is 0 Å². The lowest BCUT2D eigenvalue weighted by atomic mass is 10.2. The number of nitrogens with one attached hydrogen (secondary N) is 1. The zero-order chi connectivity index (χ0) is 12.8. The first-order valence-corrected chi connectivity index (χ1v) is 5.32. The Morgan fingerprint density at radius 1 is 1.24 bits per heavy atom. The van der Waals surface area contributed by atoms with Crippen LogP contribution in [0.3, 0.4) is 0 Å². The van der Waals surface area contributed by atoms with Crippen molar-refractivity contribution in [3.63, 3.8) is 0 Å². The molecule has 0 aliphatic carbocycles. The second-order valence-corrected chi connectivity index (χ2v) is 3.56. The molecule has 92 valence electrons. The molecule has 0 saturated heterocycles. The van der Waals surface area contributed by atoms with Gasteiger partial charge in [-0.15, -0.1) is 11.6 Å². The van der Waals surface area contributed by atoms with Gasteiger partial charge in [0.25, 0.3) is 11.4 Å². The Labute approximate surface area is 102 Å². The molecule has 8 heteroatoms. The van der Waals surface area contributed by atoms with Gasteiger partial charge in [0, 0.05) is 18.5 Å². The van der Waals surface area contributed by atoms with Crippen LogP contribution in [-0.4, -0.2) is 22.3 Å². The topological polar surface area (TPSA) is 98.3 Å². The summed E-state index contributed by atoms with van der Waals surface area (Å²) in [5, 5.41) is 24.1. The van der Waals surface area contributed by atoms with Crippen molar-refractivity contribution in [3.05, 3.63) is 38.4 Å². The molecule has 7 nitrogen and oxygen atoms in total. The normalized spacial score (nSPS) is 9.94. The molecule has 0 aliphatic heterocycles. The molecule has 0 heterocycles. The first-order valence-electron chi connectivity index (χ1n) is 4.79. The standard InChI is InChI=1S/C9H10ClN3O4/c10-4-1-5-11-8-3-2-7(12(14)15)6-9(8)13(16)17/h2-3,6,11H,1,4-5H2. The van der Waals surface area contributed by atoms with E-state index in [2.05, 4.69) is 5.32 Å². The Hall–Kier alpha value is -1.89. The van der Waals surface area contributed by atoms with Crippen LogP contribution in [0.1, 0.15) is 6.42 Å². The van der Waals surface area contributed by atoms with Crippen LogP contribution in [0.4, 0.5) is 17.1 Å². The Morgan fingerprint density at radius 2 is 1.94 bits per heavy atom. The number of benzene rings is 1. The molecule has 1 aromatic carbocycles. The summed E-state index contributed by atoms with van der Waals surface area (Å²) in [6, 6.07) is 3.48. The number of nitro groups is 2. The van der Waals surface area contributed by atoms with Crippen molar-refractivity contribution in [1.29, 1.82) is 0 Å². The molecule has 0 aliphatic rings. The highest BCUT2D eigenvalue weighted by Crippen LogP contribution is 2.28. The molecule has 0 bridgehead atoms. The molecule has 0 unspecified atom stereocenters. The van der Waals surface area contributed by atoms with Crippen molar-refractivity contribution in [3.8, 4) is 0 Å². The van der Waals surface area contributed by atoms with Crippen molar-refractivity contribution in [2.75, 3.05) is 17.7 Å². The van der Waals surface area contributed by atoms with Crippen LogP contribution in [0.15, 0.2) is 18.2 Å². The Kier molecular flexibility index (Phi) is 4.65. The summed E-state index contributed by atoms with van der Waals surface area (Å²) in [5.74, 6) is 0.438. The van der Waals surface area contributed by atoms with E-state index in [4.69, 9.17) is 11.6 Å². The third-order valence-corrected chi connectivity index (χ3v) is 2.28. The van der Waals surface area contributed by atoms with Gasteiger partial charge in [-0.3, -0.25) is 20.2 Å². The van der Waals surface area contributed by atoms with E-state index in [9.17, 15) is 20.2 Å². The van der Waals surface area contributed by atoms with Gasteiger partial charge in [-0.25, -0.2) is 0 Å². The minimum Gasteiger partial charge on any atom is -0.379 e. The maximum Gasteiger partial charge on any atom is 0.299 e. The number of hydrogen-bond donors (Lipinski definition) is 1. The monoisotopic (exact) mass is 259 g/mol. The number of nitrogens with zero attached hydrogens (tertiary/aromatic N) is 2. The van der Waals surface area contributed by atoms with E-state index in [1.807, 2.05) is 0 Å². The fraction of sp³-hybridized carbons (Fsp3) is 0.333. The average Bonchev–Trinajstić information content (AvgIpc) is 2.29. The van der Waals surface area contributed by atoms with E-state index >= 15 is 0 Å². The van der Waals surface area contributed by atoms with Crippen LogP contribution in [0.25, 0.3) is 0 Å². The Balaban J connectivity index is 2.96. The van der Waals surface area contributed by atoms with Gasteiger partial charge in [0.1, 0.15) is 5.69 Å². The average molecular weight is 260 g/mol. The van der Waals surface area contributed by atoms with Crippen molar-refractivity contribution in [2.45, 2.75) is 6.42 Å². The minimum atomic E-state index is -0.671. The van der Waals surface area contributed by atoms with E-state index in [0.717, 1.165) is 6.07 Å². The van der Waals surface area contributed by atoms with E-state index in [1.165, 1.54) is 12.1 Å². The van der Waals surface area contributed by atoms with Crippen LogP contribution >= 0.6 is 11.6 Å². The van der Waals surface area contributed by atoms with E-state index in [1.54, 1.807) is 0 Å². The fourth-order valence-corrected chi connectivity index (χ4v) is 1.36. The fourth-order valence-electron chi connectivity index (χ4n) is 1.22. The lowest BCUT2D eigenvalue weighted by Crippen LogP contribution is -2.05. The third kappa shape index (κ3) is 3.56. The third-order valence-electron chi connectivity index (χ3n) is 2.01. The number of halogens is 1. The van der Waals surface area contributed by atoms with Gasteiger partial charge < -0.3 is 5.32 Å². The van der Waals surface area contributed by atoms with Crippen LogP contribution < -0.4 is 5.32 Å². The summed E-state index contributed by atoms with van der Waals surface area (Å²) in [6.07, 6.45) is 0.649. The van der Waals surface area contributed by atoms with E-state index in [-0.39, 0.29) is 17.1 Å². The number of hydrogen-bond acceptors (Lipinski definition) is 5. The minimum absolute atomic E-state index is 0.255. The van der Waals surface area contributed by atoms with Gasteiger partial charge >= 0.3 is 0 Å². The van der Waals surface area contributed by atoms with Crippen LogP contribution in [0.2, 0.25) is 0 Å². The molecule has 0 fully saturated rings. The van der Waals surface area contributed by atoms with Crippen molar-refractivity contribution in [1.82, 2.24) is 0 Å². The van der Waals surface area contributed by atoms with Crippen LogP contribution in [0, 0.1) is 20.2 Å². The summed E-state index contributed by atoms with van der Waals surface area (Å²) in [4.78, 5) is 19.9. The van der Waals surface area contributed by atoms with Gasteiger partial charge in [0.15, 0.2) is 0 Å². The number of non-ortho nitro benzene ring substituents is 1. The first kappa shape index (κ1) is 13.2. The highest BCUT2D eigenvalue weighted by atomic mass is 35.5. The summed E-state index contributed by atoms with van der Waals surface area (Å²) in [5.41, 5.74) is -0.362. The molecule has 0 spiro atoms. The van der Waals surface area contributed by atoms with Crippen LogP contribution in [0.5, 0.6) is 0 Å². The maximum atomic E-state index is 10.7. The zero-order valence-corrected chi connectivity index (χ0v) is 9.51. The summed E-state index contributed by atoms with van der Waals surface area (Å²) >= 11 is 5.47. The number of nitro benzene ring substituents is 2. The lowest BCUT2D eigenvalue weighted by molar-refractivity contribution is -0.393. The van der Waals surface area contributed by atoms with Crippen molar-refractivity contribution < 1.29 is 9.85 Å². The van der Waals surface area contributed by atoms with Gasteiger partial charge in [0.05, 0.1) is 15.9 Å². The number of alkyl halides is 1. The quantitative estimate of drug-likeness (QED) is 0.366. The molecule has 0 aromatic heterocycles. The highest BCUT2D eigenvalue weighted by Gasteiger charge is 2.18. The highest BCUT2D eigenvalue weighted by molar-refractivity contribution is 6.17. The molecule has 1 aromatic rings. The SMILES string of the molecule is O=[N+]([O-])c1ccc(NCCCCl)c([N+](=O)[O-])c1. The van der Waals surface area contributed by atoms with Gasteiger partial charge in [-0.1, -0.05) is 0 Å². The summed E-state index contributed by atoms with van der Waals surface area (Å²) < 4.78 is 0. The van der Waals surface area contributed by atoms with E-state index < -0.39 is 9.85 Å². The molecular weight excluding hydrogens is 250 g/mol. The second kappa shape index (κ2) is 6.00. The van der Waals surface area contributed by atoms with Crippen LogP contribution in [-0.2, 0) is 0 Å². The largest absolute Gasteiger partial charge is 0.379 e. The van der Waals surface area contributed by atoms with Gasteiger partial charge in [-0.2, -0.15) is 0 Å². The molecule has 0 atom stereocenters. The van der Waals surface area contributed by atoms with Crippen molar-refractivity contribution >= 4 is 28.7 Å². The molecular formula is C9H10ClN3O4. The zero-order valence-electron chi connectivity index (χ0n) is 8.76. The Morgan fingerprint density at radius 3 is 2.47 bits per heavy atom. The lowest BCUT2D eigenvalue weighted by Gasteiger charge is -2.05. The molecule has 1 N–H and O–H groups in total. The summed E-state index contributed by atoms with van der Waals surface area (Å²) in [6.45, 7) is 0.474. The molecule has 0 radical (unpaired) electrons. The molecule has 0 amide bonds. The molecule has 0 saturated carbocycles. The number of rotatable bonds is 6. The smallest absolute Gasteiger partial charge is 0.299 e. The number of anilines is 1. The maximum absolute atomic E-state index is 10.7. The predicted molar refractivity (Wildman–Crippen MR) is 63.6 cm³/mol. The second-order valence-electron chi connectivity index (χ2n) is 3.18. The van der Waals surface area contributed by atoms with Gasteiger partial charge in [-0.05, 0) is 12.5 Å². The first-order chi connectivity index (χ1) is 8.06. The van der Waals surface area contributed by atoms with Gasteiger partial charge in [0.2, 0.25) is 0 Å². The Bertz CT molecular complexity index is 438. The predicted octanol–water partition coefficient (Wildman–Crippen LogP) is 2.54. The molecule has 17 heavy (non-hydrogen) atoms. The van der Waals surface area contributed by atoms with E-state index in [0.29, 0.717) is 18.8 Å². The molecule has 1 rings (SSSR count).